The van der Waals surface area contributed by atoms with E-state index in [0.29, 0.717) is 38.1 Å². The molecule has 0 aromatic carbocycles. The molecule has 0 N–H and O–H groups in total. The molecule has 0 saturated carbocycles. The van der Waals surface area contributed by atoms with Gasteiger partial charge in [-0.05, 0) is 37.8 Å². The summed E-state index contributed by atoms with van der Waals surface area (Å²) in [5, 5.41) is 5.51. The highest BCUT2D eigenvalue weighted by molar-refractivity contribution is 5.86. The van der Waals surface area contributed by atoms with Crippen LogP contribution in [-0.4, -0.2) is 73.7 Å². The number of Topliss-reactive ketones (excluding diaryl/α,β-unsaturated/α-hetero) is 1. The Kier molecular flexibility index (Phi) is 5.42. The molecule has 172 valence electrons. The largest absolute Gasteiger partial charge is 0.298 e. The molecule has 33 heavy (non-hydrogen) atoms. The van der Waals surface area contributed by atoms with Crippen LogP contribution in [0.5, 0.6) is 0 Å². The van der Waals surface area contributed by atoms with Gasteiger partial charge in [0, 0.05) is 60.1 Å². The van der Waals surface area contributed by atoms with E-state index in [1.807, 2.05) is 23.1 Å². The van der Waals surface area contributed by atoms with Gasteiger partial charge < -0.3 is 0 Å². The Labute approximate surface area is 192 Å². The Morgan fingerprint density at radius 1 is 1.03 bits per heavy atom. The summed E-state index contributed by atoms with van der Waals surface area (Å²) in [5.41, 5.74) is 4.73. The lowest BCUT2D eigenvalue weighted by molar-refractivity contribution is -0.119. The Bertz CT molecular complexity index is 1170. The van der Waals surface area contributed by atoms with E-state index in [9.17, 15) is 9.18 Å². The summed E-state index contributed by atoms with van der Waals surface area (Å²) in [7, 11) is 0. The minimum atomic E-state index is -0.339. The minimum Gasteiger partial charge on any atom is -0.298 e. The summed E-state index contributed by atoms with van der Waals surface area (Å²) >= 11 is 0. The Hall–Kier alpha value is -2.71. The molecule has 3 aromatic rings. The third-order valence-corrected chi connectivity index (χ3v) is 7.63. The molecule has 0 atom stereocenters. The average Bonchev–Trinajstić information content (AvgIpc) is 3.53. The molecule has 0 aliphatic carbocycles. The fourth-order valence-corrected chi connectivity index (χ4v) is 5.91. The molecule has 0 radical (unpaired) electrons. The second kappa shape index (κ2) is 8.57. The van der Waals surface area contributed by atoms with E-state index < -0.39 is 0 Å². The highest BCUT2D eigenvalue weighted by Crippen LogP contribution is 2.37. The van der Waals surface area contributed by atoms with Crippen LogP contribution in [-0.2, 0) is 24.3 Å². The SMILES string of the molecule is O=C(Cc1cc2cc(-c3cnn4c3CN(CCF)CC4)cnc2cn1)CN1C2CCC1CC2. The summed E-state index contributed by atoms with van der Waals surface area (Å²) in [6.45, 7) is 2.93. The third kappa shape index (κ3) is 3.95. The number of carbonyl (C=O) groups is 1. The summed E-state index contributed by atoms with van der Waals surface area (Å²) in [6.07, 6.45) is 10.8. The number of hydrogen-bond donors (Lipinski definition) is 0. The predicted molar refractivity (Wildman–Crippen MR) is 123 cm³/mol. The van der Waals surface area contributed by atoms with Crippen LogP contribution in [0.1, 0.15) is 37.1 Å². The molecule has 3 aromatic heterocycles. The van der Waals surface area contributed by atoms with Gasteiger partial charge in [-0.25, -0.2) is 4.39 Å². The van der Waals surface area contributed by atoms with E-state index in [1.54, 1.807) is 6.20 Å². The van der Waals surface area contributed by atoms with Crippen molar-refractivity contribution in [1.29, 1.82) is 0 Å². The minimum absolute atomic E-state index is 0.239. The number of hydrogen-bond acceptors (Lipinski definition) is 6. The topological polar surface area (TPSA) is 67.2 Å². The zero-order valence-electron chi connectivity index (χ0n) is 18.8. The molecular weight excluding hydrogens is 419 g/mol. The van der Waals surface area contributed by atoms with E-state index in [4.69, 9.17) is 0 Å². The predicted octanol–water partition coefficient (Wildman–Crippen LogP) is 3.02. The summed E-state index contributed by atoms with van der Waals surface area (Å²) in [6, 6.07) is 5.31. The van der Waals surface area contributed by atoms with Crippen molar-refractivity contribution in [2.45, 2.75) is 57.3 Å². The number of nitrogens with zero attached hydrogens (tertiary/aromatic N) is 6. The monoisotopic (exact) mass is 448 g/mol. The molecule has 2 bridgehead atoms. The highest BCUT2D eigenvalue weighted by atomic mass is 19.1. The van der Waals surface area contributed by atoms with Crippen LogP contribution in [0.3, 0.4) is 0 Å². The molecule has 2 fully saturated rings. The van der Waals surface area contributed by atoms with Gasteiger partial charge in [0.1, 0.15) is 6.67 Å². The Morgan fingerprint density at radius 3 is 2.64 bits per heavy atom. The maximum absolute atomic E-state index is 12.9. The molecular formula is C25H29FN6O. The lowest BCUT2D eigenvalue weighted by Gasteiger charge is -2.27. The molecule has 6 rings (SSSR count). The number of rotatable bonds is 7. The van der Waals surface area contributed by atoms with Gasteiger partial charge >= 0.3 is 0 Å². The van der Waals surface area contributed by atoms with E-state index in [1.165, 1.54) is 25.7 Å². The van der Waals surface area contributed by atoms with E-state index >= 15 is 0 Å². The first kappa shape index (κ1) is 20.9. The second-order valence-electron chi connectivity index (χ2n) is 9.64. The number of halogens is 1. The van der Waals surface area contributed by atoms with Gasteiger partial charge in [0.05, 0.1) is 43.1 Å². The number of carbonyl (C=O) groups excluding carboxylic acids is 1. The molecule has 0 unspecified atom stereocenters. The second-order valence-corrected chi connectivity index (χ2v) is 9.64. The van der Waals surface area contributed by atoms with Gasteiger partial charge in [-0.3, -0.25) is 29.2 Å². The maximum atomic E-state index is 12.9. The van der Waals surface area contributed by atoms with Crippen LogP contribution >= 0.6 is 0 Å². The number of aromatic nitrogens is 4. The van der Waals surface area contributed by atoms with Crippen molar-refractivity contribution in [3.63, 3.8) is 0 Å². The van der Waals surface area contributed by atoms with Crippen LogP contribution in [0.4, 0.5) is 4.39 Å². The van der Waals surface area contributed by atoms with Crippen molar-refractivity contribution in [2.75, 3.05) is 26.3 Å². The first-order chi connectivity index (χ1) is 16.2. The van der Waals surface area contributed by atoms with Crippen molar-refractivity contribution >= 4 is 16.7 Å². The number of pyridine rings is 2. The standard InChI is InChI=1S/C25H29FN6O/c26-5-6-30-7-8-32-25(16-30)23(13-29-32)18-9-17-10-19(27-14-24(17)28-12-18)11-22(33)15-31-20-1-2-21(31)4-3-20/h9-10,12-14,20-21H,1-8,11,15-16H2. The van der Waals surface area contributed by atoms with Crippen LogP contribution < -0.4 is 0 Å². The summed E-state index contributed by atoms with van der Waals surface area (Å²) in [4.78, 5) is 26.4. The lowest BCUT2D eigenvalue weighted by atomic mass is 10.0. The fourth-order valence-electron chi connectivity index (χ4n) is 5.91. The van der Waals surface area contributed by atoms with E-state index in [2.05, 4.69) is 30.9 Å². The van der Waals surface area contributed by atoms with Crippen LogP contribution in [0.15, 0.2) is 30.7 Å². The van der Waals surface area contributed by atoms with Gasteiger partial charge in [0.2, 0.25) is 0 Å². The number of fused-ring (bicyclic) bond motifs is 4. The molecule has 6 heterocycles. The molecule has 7 nitrogen and oxygen atoms in total. The van der Waals surface area contributed by atoms with Gasteiger partial charge in [-0.1, -0.05) is 0 Å². The highest BCUT2D eigenvalue weighted by Gasteiger charge is 2.39. The fraction of sp³-hybridized carbons (Fsp3) is 0.520. The van der Waals surface area contributed by atoms with Crippen LogP contribution in [0, 0.1) is 0 Å². The number of ketones is 1. The lowest BCUT2D eigenvalue weighted by Crippen LogP contribution is -2.35. The van der Waals surface area contributed by atoms with Crippen molar-refractivity contribution in [2.24, 2.45) is 0 Å². The van der Waals surface area contributed by atoms with Crippen molar-refractivity contribution in [1.82, 2.24) is 29.5 Å². The Morgan fingerprint density at radius 2 is 1.85 bits per heavy atom. The van der Waals surface area contributed by atoms with Crippen molar-refractivity contribution < 1.29 is 9.18 Å². The zero-order valence-corrected chi connectivity index (χ0v) is 18.8. The van der Waals surface area contributed by atoms with Crippen molar-refractivity contribution in [3.05, 3.63) is 42.1 Å². The maximum Gasteiger partial charge on any atom is 0.152 e. The average molecular weight is 449 g/mol. The van der Waals surface area contributed by atoms with Crippen molar-refractivity contribution in [3.8, 4) is 11.1 Å². The van der Waals surface area contributed by atoms with Crippen LogP contribution in [0.2, 0.25) is 0 Å². The molecule has 0 spiro atoms. The molecule has 3 aliphatic rings. The molecule has 2 saturated heterocycles. The zero-order chi connectivity index (χ0) is 22.4. The molecule has 3 aliphatic heterocycles. The Balaban J connectivity index is 1.22. The van der Waals surface area contributed by atoms with E-state index in [0.717, 1.165) is 46.5 Å². The third-order valence-electron chi connectivity index (χ3n) is 7.63. The smallest absolute Gasteiger partial charge is 0.152 e. The number of alkyl halides is 1. The molecule has 0 amide bonds. The van der Waals surface area contributed by atoms with Gasteiger partial charge in [0.25, 0.3) is 0 Å². The van der Waals surface area contributed by atoms with Gasteiger partial charge in [0.15, 0.2) is 5.78 Å². The van der Waals surface area contributed by atoms with Gasteiger partial charge in [-0.2, -0.15) is 5.10 Å². The summed E-state index contributed by atoms with van der Waals surface area (Å²) in [5.74, 6) is 0.239. The quantitative estimate of drug-likeness (QED) is 0.554. The van der Waals surface area contributed by atoms with E-state index in [-0.39, 0.29) is 12.5 Å². The summed E-state index contributed by atoms with van der Waals surface area (Å²) < 4.78 is 14.9. The first-order valence-electron chi connectivity index (χ1n) is 12.0. The van der Waals surface area contributed by atoms with Crippen LogP contribution in [0.25, 0.3) is 22.0 Å². The molecule has 8 heteroatoms. The first-order valence-corrected chi connectivity index (χ1v) is 12.0. The van der Waals surface area contributed by atoms with Gasteiger partial charge in [-0.15, -0.1) is 0 Å². The normalized spacial score (nSPS) is 22.8.